The summed E-state index contributed by atoms with van der Waals surface area (Å²) in [4.78, 5) is 18.5. The number of anilines is 2. The molecule has 2 aromatic heterocycles. The number of aromatic nitrogens is 4. The Hall–Kier alpha value is -1.80. The molecule has 0 amide bonds. The Kier molecular flexibility index (Phi) is 4.24. The van der Waals surface area contributed by atoms with E-state index in [2.05, 4.69) is 35.2 Å². The lowest BCUT2D eigenvalue weighted by Crippen LogP contribution is -2.29. The van der Waals surface area contributed by atoms with Crippen molar-refractivity contribution < 1.29 is 4.74 Å². The Morgan fingerprint density at radius 3 is 2.58 bits per heavy atom. The predicted octanol–water partition coefficient (Wildman–Crippen LogP) is 2.31. The van der Waals surface area contributed by atoms with Gasteiger partial charge >= 0.3 is 0 Å². The molecule has 4 heterocycles. The van der Waals surface area contributed by atoms with Crippen molar-refractivity contribution in [3.05, 3.63) is 23.9 Å². The Morgan fingerprint density at radius 2 is 1.88 bits per heavy atom. The van der Waals surface area contributed by atoms with E-state index >= 15 is 0 Å². The van der Waals surface area contributed by atoms with Crippen LogP contribution in [0.15, 0.2) is 12.4 Å². The molecule has 1 saturated carbocycles. The number of hydrogen-bond acceptors (Lipinski definition) is 8. The van der Waals surface area contributed by atoms with Crippen LogP contribution in [0, 0.1) is 11.8 Å². The first kappa shape index (κ1) is 16.4. The molecule has 0 aromatic carbocycles. The molecule has 1 aliphatic carbocycles. The second-order valence-corrected chi connectivity index (χ2v) is 8.42. The maximum atomic E-state index is 5.12. The summed E-state index contributed by atoms with van der Waals surface area (Å²) in [5.41, 5.74) is 1.24. The van der Waals surface area contributed by atoms with Crippen LogP contribution in [-0.2, 0) is 11.3 Å². The summed E-state index contributed by atoms with van der Waals surface area (Å²) in [6, 6.07) is 2.23. The highest BCUT2D eigenvalue weighted by Gasteiger charge is 2.41. The van der Waals surface area contributed by atoms with Crippen LogP contribution < -0.4 is 9.80 Å². The lowest BCUT2D eigenvalue weighted by Gasteiger charge is -2.26. The van der Waals surface area contributed by atoms with E-state index in [0.29, 0.717) is 24.4 Å². The van der Waals surface area contributed by atoms with Crippen molar-refractivity contribution in [3.63, 3.8) is 0 Å². The zero-order chi connectivity index (χ0) is 17.5. The van der Waals surface area contributed by atoms with E-state index in [0.717, 1.165) is 43.0 Å². The van der Waals surface area contributed by atoms with Crippen LogP contribution in [0.1, 0.15) is 36.7 Å². The van der Waals surface area contributed by atoms with Crippen molar-refractivity contribution in [2.75, 3.05) is 43.1 Å². The second kappa shape index (κ2) is 6.74. The molecule has 8 heteroatoms. The van der Waals surface area contributed by atoms with Gasteiger partial charge in [-0.2, -0.15) is 4.37 Å². The number of hydrogen-bond donors (Lipinski definition) is 0. The maximum Gasteiger partial charge on any atom is 0.205 e. The van der Waals surface area contributed by atoms with E-state index in [-0.39, 0.29) is 0 Å². The minimum Gasteiger partial charge on any atom is -0.377 e. The maximum absolute atomic E-state index is 5.12. The zero-order valence-corrected chi connectivity index (χ0v) is 15.9. The molecule has 2 unspecified atom stereocenters. The summed E-state index contributed by atoms with van der Waals surface area (Å²) in [5.74, 6) is 3.91. The van der Waals surface area contributed by atoms with Gasteiger partial charge in [0.15, 0.2) is 5.82 Å². The van der Waals surface area contributed by atoms with Gasteiger partial charge in [0.2, 0.25) is 5.13 Å². The van der Waals surface area contributed by atoms with E-state index in [4.69, 9.17) is 4.74 Å². The highest BCUT2D eigenvalue weighted by molar-refractivity contribution is 7.09. The van der Waals surface area contributed by atoms with Gasteiger partial charge in [-0.1, -0.05) is 6.42 Å². The van der Waals surface area contributed by atoms with Crippen LogP contribution in [0.2, 0.25) is 0 Å². The Bertz CT molecular complexity index is 765. The van der Waals surface area contributed by atoms with E-state index in [9.17, 15) is 0 Å². The van der Waals surface area contributed by atoms with E-state index < -0.39 is 0 Å². The van der Waals surface area contributed by atoms with Gasteiger partial charge in [0.1, 0.15) is 18.8 Å². The average molecular weight is 372 g/mol. The first-order valence-electron chi connectivity index (χ1n) is 9.43. The Balaban J connectivity index is 1.24. The summed E-state index contributed by atoms with van der Waals surface area (Å²) in [5, 5.41) is 1.03. The van der Waals surface area contributed by atoms with Gasteiger partial charge in [0, 0.05) is 74.3 Å². The molecule has 138 valence electrons. The molecule has 0 bridgehead atoms. The predicted molar refractivity (Wildman–Crippen MR) is 101 cm³/mol. The molecule has 26 heavy (non-hydrogen) atoms. The van der Waals surface area contributed by atoms with Crippen LogP contribution in [0.5, 0.6) is 0 Å². The van der Waals surface area contributed by atoms with Gasteiger partial charge in [0.25, 0.3) is 0 Å². The molecule has 3 fully saturated rings. The minimum absolute atomic E-state index is 0.488. The molecule has 0 radical (unpaired) electrons. The third-order valence-corrected chi connectivity index (χ3v) is 6.82. The van der Waals surface area contributed by atoms with Crippen LogP contribution in [0.4, 0.5) is 10.9 Å². The fraction of sp³-hybridized carbons (Fsp3) is 0.667. The smallest absolute Gasteiger partial charge is 0.205 e. The SMILES string of the molecule is COCc1nsc(N2CC3CN(c4cc(C5CCC5)ncn4)CC3C2)n1. The lowest BCUT2D eigenvalue weighted by molar-refractivity contribution is 0.179. The summed E-state index contributed by atoms with van der Waals surface area (Å²) in [6.45, 7) is 4.76. The van der Waals surface area contributed by atoms with E-state index in [1.807, 2.05) is 0 Å². The minimum atomic E-state index is 0.488. The van der Waals surface area contributed by atoms with Crippen LogP contribution in [-0.4, -0.2) is 52.6 Å². The zero-order valence-electron chi connectivity index (χ0n) is 15.0. The lowest BCUT2D eigenvalue weighted by atomic mass is 9.83. The van der Waals surface area contributed by atoms with Gasteiger partial charge in [-0.3, -0.25) is 0 Å². The summed E-state index contributed by atoms with van der Waals surface area (Å²) >= 11 is 1.49. The van der Waals surface area contributed by atoms with Crippen molar-refractivity contribution in [2.45, 2.75) is 31.8 Å². The summed E-state index contributed by atoms with van der Waals surface area (Å²) in [6.07, 6.45) is 5.65. The van der Waals surface area contributed by atoms with Gasteiger partial charge < -0.3 is 14.5 Å². The molecule has 2 aromatic rings. The largest absolute Gasteiger partial charge is 0.377 e. The van der Waals surface area contributed by atoms with E-state index in [1.54, 1.807) is 13.4 Å². The Labute approximate surface area is 157 Å². The fourth-order valence-electron chi connectivity index (χ4n) is 4.36. The molecule has 0 N–H and O–H groups in total. The van der Waals surface area contributed by atoms with Gasteiger partial charge in [-0.15, -0.1) is 0 Å². The second-order valence-electron chi connectivity index (χ2n) is 7.69. The topological polar surface area (TPSA) is 67.3 Å². The average Bonchev–Trinajstić information content (AvgIpc) is 3.27. The molecule has 2 saturated heterocycles. The molecular formula is C18H24N6OS. The molecule has 3 aliphatic rings. The quantitative estimate of drug-likeness (QED) is 0.798. The summed E-state index contributed by atoms with van der Waals surface area (Å²) < 4.78 is 9.51. The third-order valence-electron chi connectivity index (χ3n) is 6.01. The van der Waals surface area contributed by atoms with Crippen molar-refractivity contribution in [1.82, 2.24) is 19.3 Å². The van der Waals surface area contributed by atoms with Crippen molar-refractivity contribution in [3.8, 4) is 0 Å². The highest BCUT2D eigenvalue weighted by Crippen LogP contribution is 2.38. The number of methoxy groups -OCH3 is 1. The standard InChI is InChI=1S/C18H24N6OS/c1-25-10-16-21-18(26-22-16)24-8-13-6-23(7-14(13)9-24)17-5-15(19-11-20-17)12-3-2-4-12/h5,11-14H,2-4,6-10H2,1H3. The van der Waals surface area contributed by atoms with Crippen molar-refractivity contribution >= 4 is 22.5 Å². The highest BCUT2D eigenvalue weighted by atomic mass is 32.1. The monoisotopic (exact) mass is 372 g/mol. The van der Waals surface area contributed by atoms with Crippen molar-refractivity contribution in [1.29, 1.82) is 0 Å². The molecular weight excluding hydrogens is 348 g/mol. The first-order valence-corrected chi connectivity index (χ1v) is 10.2. The molecule has 7 nitrogen and oxygen atoms in total. The summed E-state index contributed by atoms with van der Waals surface area (Å²) in [7, 11) is 1.68. The number of fused-ring (bicyclic) bond motifs is 1. The normalized spacial score (nSPS) is 25.6. The first-order chi connectivity index (χ1) is 12.8. The van der Waals surface area contributed by atoms with Gasteiger partial charge in [0.05, 0.1) is 0 Å². The van der Waals surface area contributed by atoms with E-state index in [1.165, 1.54) is 36.5 Å². The van der Waals surface area contributed by atoms with Crippen LogP contribution in [0.25, 0.3) is 0 Å². The molecule has 2 atom stereocenters. The Morgan fingerprint density at radius 1 is 1.12 bits per heavy atom. The number of rotatable bonds is 5. The van der Waals surface area contributed by atoms with Crippen molar-refractivity contribution in [2.24, 2.45) is 11.8 Å². The van der Waals surface area contributed by atoms with Gasteiger partial charge in [-0.05, 0) is 12.8 Å². The molecule has 2 aliphatic heterocycles. The fourth-order valence-corrected chi connectivity index (χ4v) is 5.05. The van der Waals surface area contributed by atoms with Crippen LogP contribution >= 0.6 is 11.5 Å². The number of ether oxygens (including phenoxy) is 1. The third kappa shape index (κ3) is 2.95. The van der Waals surface area contributed by atoms with Gasteiger partial charge in [-0.25, -0.2) is 15.0 Å². The molecule has 0 spiro atoms. The van der Waals surface area contributed by atoms with Crippen LogP contribution in [0.3, 0.4) is 0 Å². The number of nitrogens with zero attached hydrogens (tertiary/aromatic N) is 6. The molecule has 5 rings (SSSR count).